The van der Waals surface area contributed by atoms with Crippen LogP contribution < -0.4 is 10.3 Å². The van der Waals surface area contributed by atoms with E-state index in [4.69, 9.17) is 4.74 Å². The molecule has 1 aromatic heterocycles. The Bertz CT molecular complexity index is 1240. The van der Waals surface area contributed by atoms with Crippen LogP contribution in [0, 0.1) is 10.1 Å². The Morgan fingerprint density at radius 1 is 1.26 bits per heavy atom. The van der Waals surface area contributed by atoms with Crippen molar-refractivity contribution in [2.45, 2.75) is 39.7 Å². The van der Waals surface area contributed by atoms with E-state index in [2.05, 4.69) is 41.9 Å². The van der Waals surface area contributed by atoms with Gasteiger partial charge in [-0.05, 0) is 44.5 Å². The average molecular weight is 552 g/mol. The first-order valence-corrected chi connectivity index (χ1v) is 11.2. The Morgan fingerprint density at radius 2 is 2.00 bits per heavy atom. The zero-order chi connectivity index (χ0) is 22.7. The number of rotatable bonds is 7. The van der Waals surface area contributed by atoms with Crippen LogP contribution in [0.25, 0.3) is 10.9 Å². The second-order valence-corrected chi connectivity index (χ2v) is 8.90. The van der Waals surface area contributed by atoms with Gasteiger partial charge < -0.3 is 4.74 Å². The standard InChI is InChI=1S/C21H20Br2N4O4/c1-4-5-19-25-17-7-6-14(22)9-16(17)21(28)26(19)24-11-13-8-15(23)10-18(27(29)30)20(13)31-12(2)3/h6-12H,4-5H2,1-3H3. The maximum Gasteiger partial charge on any atom is 0.312 e. The second-order valence-electron chi connectivity index (χ2n) is 7.07. The largest absolute Gasteiger partial charge is 0.484 e. The minimum Gasteiger partial charge on any atom is -0.484 e. The van der Waals surface area contributed by atoms with Crippen LogP contribution in [0.5, 0.6) is 5.75 Å². The van der Waals surface area contributed by atoms with E-state index in [0.29, 0.717) is 33.2 Å². The van der Waals surface area contributed by atoms with Gasteiger partial charge in [-0.1, -0.05) is 38.8 Å². The third-order valence-electron chi connectivity index (χ3n) is 4.27. The molecular weight excluding hydrogens is 532 g/mol. The summed E-state index contributed by atoms with van der Waals surface area (Å²) < 4.78 is 8.21. The summed E-state index contributed by atoms with van der Waals surface area (Å²) in [5, 5.41) is 16.3. The number of hydrogen-bond donors (Lipinski definition) is 0. The number of hydrogen-bond acceptors (Lipinski definition) is 6. The van der Waals surface area contributed by atoms with E-state index in [1.54, 1.807) is 32.0 Å². The summed E-state index contributed by atoms with van der Waals surface area (Å²) >= 11 is 6.67. The molecule has 0 aliphatic rings. The highest BCUT2D eigenvalue weighted by atomic mass is 79.9. The summed E-state index contributed by atoms with van der Waals surface area (Å²) in [4.78, 5) is 28.8. The van der Waals surface area contributed by atoms with Gasteiger partial charge in [0.05, 0.1) is 28.1 Å². The second kappa shape index (κ2) is 9.69. The number of halogens is 2. The van der Waals surface area contributed by atoms with Gasteiger partial charge in [-0.2, -0.15) is 9.78 Å². The third-order valence-corrected chi connectivity index (χ3v) is 5.23. The number of nitrogens with zero attached hydrogens (tertiary/aromatic N) is 4. The number of ether oxygens (including phenoxy) is 1. The molecule has 0 N–H and O–H groups in total. The van der Waals surface area contributed by atoms with E-state index >= 15 is 0 Å². The van der Waals surface area contributed by atoms with E-state index in [1.165, 1.54) is 17.0 Å². The number of aromatic nitrogens is 2. The van der Waals surface area contributed by atoms with Gasteiger partial charge in [0.25, 0.3) is 5.56 Å². The fourth-order valence-corrected chi connectivity index (χ4v) is 3.84. The van der Waals surface area contributed by atoms with Gasteiger partial charge in [-0.25, -0.2) is 4.98 Å². The lowest BCUT2D eigenvalue weighted by molar-refractivity contribution is -0.386. The maximum absolute atomic E-state index is 13.1. The van der Waals surface area contributed by atoms with E-state index < -0.39 is 4.92 Å². The molecule has 0 fully saturated rings. The number of nitro benzene ring substituents is 1. The van der Waals surface area contributed by atoms with Crippen LogP contribution in [0.3, 0.4) is 0 Å². The monoisotopic (exact) mass is 550 g/mol. The molecule has 8 nitrogen and oxygen atoms in total. The summed E-state index contributed by atoms with van der Waals surface area (Å²) in [5.74, 6) is 0.600. The van der Waals surface area contributed by atoms with Crippen LogP contribution in [0.4, 0.5) is 5.69 Å². The molecule has 0 spiro atoms. The molecule has 31 heavy (non-hydrogen) atoms. The summed E-state index contributed by atoms with van der Waals surface area (Å²) in [6.07, 6.45) is 2.42. The molecular formula is C21H20Br2N4O4. The van der Waals surface area contributed by atoms with Crippen molar-refractivity contribution >= 4 is 54.7 Å². The fraction of sp³-hybridized carbons (Fsp3) is 0.286. The minimum absolute atomic E-state index is 0.0912. The quantitative estimate of drug-likeness (QED) is 0.221. The van der Waals surface area contributed by atoms with Crippen LogP contribution >= 0.6 is 31.9 Å². The Kier molecular flexibility index (Phi) is 7.22. The molecule has 3 aromatic rings. The van der Waals surface area contributed by atoms with Gasteiger partial charge in [0, 0.05) is 27.0 Å². The fourth-order valence-electron chi connectivity index (χ4n) is 3.01. The van der Waals surface area contributed by atoms with Crippen molar-refractivity contribution in [3.05, 3.63) is 71.1 Å². The molecule has 3 rings (SSSR count). The highest BCUT2D eigenvalue weighted by Gasteiger charge is 2.21. The van der Waals surface area contributed by atoms with Gasteiger partial charge in [0.1, 0.15) is 5.82 Å². The Morgan fingerprint density at radius 3 is 2.65 bits per heavy atom. The molecule has 0 bridgehead atoms. The number of fused-ring (bicyclic) bond motifs is 1. The van der Waals surface area contributed by atoms with Crippen molar-refractivity contribution in [3.8, 4) is 5.75 Å². The number of aryl methyl sites for hydroxylation is 1. The summed E-state index contributed by atoms with van der Waals surface area (Å²) in [6, 6.07) is 8.33. The molecule has 0 aliphatic carbocycles. The van der Waals surface area contributed by atoms with Crippen LogP contribution in [-0.2, 0) is 6.42 Å². The average Bonchev–Trinajstić information content (AvgIpc) is 2.69. The van der Waals surface area contributed by atoms with Crippen LogP contribution in [-0.4, -0.2) is 26.9 Å². The lowest BCUT2D eigenvalue weighted by Gasteiger charge is -2.13. The maximum atomic E-state index is 13.1. The number of nitro groups is 1. The van der Waals surface area contributed by atoms with E-state index in [-0.39, 0.29) is 23.1 Å². The van der Waals surface area contributed by atoms with Crippen molar-refractivity contribution in [2.75, 3.05) is 0 Å². The Labute approximate surface area is 195 Å². The summed E-state index contributed by atoms with van der Waals surface area (Å²) in [6.45, 7) is 5.54. The van der Waals surface area contributed by atoms with E-state index in [9.17, 15) is 14.9 Å². The van der Waals surface area contributed by atoms with Crippen LogP contribution in [0.2, 0.25) is 0 Å². The smallest absolute Gasteiger partial charge is 0.312 e. The topological polar surface area (TPSA) is 99.6 Å². The molecule has 1 heterocycles. The lowest BCUT2D eigenvalue weighted by Crippen LogP contribution is -2.22. The first-order chi connectivity index (χ1) is 14.7. The molecule has 0 atom stereocenters. The van der Waals surface area contributed by atoms with E-state index in [1.807, 2.05) is 13.0 Å². The molecule has 0 aliphatic heterocycles. The number of benzene rings is 2. The first-order valence-electron chi connectivity index (χ1n) is 9.61. The van der Waals surface area contributed by atoms with Crippen LogP contribution in [0.15, 0.2) is 49.2 Å². The Balaban J connectivity index is 2.21. The van der Waals surface area contributed by atoms with Crippen LogP contribution in [0.1, 0.15) is 38.6 Å². The zero-order valence-corrected chi connectivity index (χ0v) is 20.3. The van der Waals surface area contributed by atoms with Gasteiger partial charge in [-0.3, -0.25) is 14.9 Å². The summed E-state index contributed by atoms with van der Waals surface area (Å²) in [7, 11) is 0. The Hall–Kier alpha value is -2.59. The predicted octanol–water partition coefficient (Wildman–Crippen LogP) is 5.45. The van der Waals surface area contributed by atoms with Gasteiger partial charge >= 0.3 is 5.69 Å². The highest BCUT2D eigenvalue weighted by molar-refractivity contribution is 9.10. The predicted molar refractivity (Wildman–Crippen MR) is 127 cm³/mol. The van der Waals surface area contributed by atoms with Gasteiger partial charge in [-0.15, -0.1) is 0 Å². The van der Waals surface area contributed by atoms with Crippen molar-refractivity contribution in [3.63, 3.8) is 0 Å². The highest BCUT2D eigenvalue weighted by Crippen LogP contribution is 2.34. The van der Waals surface area contributed by atoms with Crippen molar-refractivity contribution in [1.29, 1.82) is 0 Å². The molecule has 10 heteroatoms. The molecule has 162 valence electrons. The van der Waals surface area contributed by atoms with Crippen molar-refractivity contribution < 1.29 is 9.66 Å². The van der Waals surface area contributed by atoms with E-state index in [0.717, 1.165) is 10.9 Å². The first kappa shape index (κ1) is 23.1. The lowest BCUT2D eigenvalue weighted by atomic mass is 10.2. The molecule has 0 radical (unpaired) electrons. The molecule has 0 saturated carbocycles. The zero-order valence-electron chi connectivity index (χ0n) is 17.1. The minimum atomic E-state index is -0.510. The van der Waals surface area contributed by atoms with Gasteiger partial charge in [0.15, 0.2) is 0 Å². The van der Waals surface area contributed by atoms with Crippen molar-refractivity contribution in [1.82, 2.24) is 9.66 Å². The normalized spacial score (nSPS) is 11.5. The van der Waals surface area contributed by atoms with Gasteiger partial charge in [0.2, 0.25) is 5.75 Å². The molecule has 2 aromatic carbocycles. The third kappa shape index (κ3) is 5.19. The molecule has 0 amide bonds. The SMILES string of the molecule is CCCc1nc2ccc(Br)cc2c(=O)n1N=Cc1cc(Br)cc([N+](=O)[O-])c1OC(C)C. The van der Waals surface area contributed by atoms with Crippen molar-refractivity contribution in [2.24, 2.45) is 5.10 Å². The summed E-state index contributed by atoms with van der Waals surface area (Å²) in [5.41, 5.74) is 0.455. The molecule has 0 saturated heterocycles. The molecule has 0 unspecified atom stereocenters.